The predicted molar refractivity (Wildman–Crippen MR) is 124 cm³/mol. The molecule has 4 rings (SSSR count). The zero-order chi connectivity index (χ0) is 23.3. The average molecular weight is 451 g/mol. The van der Waals surface area contributed by atoms with Gasteiger partial charge in [0.2, 0.25) is 5.91 Å². The van der Waals surface area contributed by atoms with Crippen LogP contribution in [0, 0.1) is 5.41 Å². The summed E-state index contributed by atoms with van der Waals surface area (Å²) >= 11 is 0. The Labute approximate surface area is 193 Å². The third kappa shape index (κ3) is 5.02. The van der Waals surface area contributed by atoms with Crippen molar-refractivity contribution in [3.63, 3.8) is 0 Å². The monoisotopic (exact) mass is 450 g/mol. The highest BCUT2D eigenvalue weighted by molar-refractivity contribution is 5.83. The predicted octanol–water partition coefficient (Wildman–Crippen LogP) is 4.07. The molecule has 1 fully saturated rings. The van der Waals surface area contributed by atoms with E-state index in [4.69, 9.17) is 4.74 Å². The SMILES string of the molecule is O=C(CNC(=O)OCC1c2ccccc2-c2ccccc21)NCC1(C(=O)O)CCCCCC1. The first-order valence-electron chi connectivity index (χ1n) is 11.6. The van der Waals surface area contributed by atoms with Crippen molar-refractivity contribution in [2.75, 3.05) is 19.7 Å². The number of carbonyl (C=O) groups excluding carboxylic acids is 2. The Morgan fingerprint density at radius 2 is 1.45 bits per heavy atom. The number of carboxylic acids is 1. The van der Waals surface area contributed by atoms with Gasteiger partial charge in [-0.15, -0.1) is 0 Å². The summed E-state index contributed by atoms with van der Waals surface area (Å²) in [6.07, 6.45) is 4.18. The number of hydrogen-bond acceptors (Lipinski definition) is 4. The van der Waals surface area contributed by atoms with Crippen molar-refractivity contribution in [3.8, 4) is 11.1 Å². The smallest absolute Gasteiger partial charge is 0.407 e. The fraction of sp³-hybridized carbons (Fsp3) is 0.423. The van der Waals surface area contributed by atoms with Crippen LogP contribution in [0.25, 0.3) is 11.1 Å². The van der Waals surface area contributed by atoms with Crippen LogP contribution in [0.2, 0.25) is 0 Å². The zero-order valence-electron chi connectivity index (χ0n) is 18.6. The fourth-order valence-electron chi connectivity index (χ4n) is 5.00. The van der Waals surface area contributed by atoms with Gasteiger partial charge in [0.1, 0.15) is 6.61 Å². The average Bonchev–Trinajstić information content (AvgIpc) is 2.96. The van der Waals surface area contributed by atoms with Gasteiger partial charge in [-0.05, 0) is 35.1 Å². The van der Waals surface area contributed by atoms with Gasteiger partial charge in [0, 0.05) is 12.5 Å². The van der Waals surface area contributed by atoms with Crippen molar-refractivity contribution < 1.29 is 24.2 Å². The highest BCUT2D eigenvalue weighted by Crippen LogP contribution is 2.44. The normalized spacial score (nSPS) is 16.7. The van der Waals surface area contributed by atoms with E-state index in [0.29, 0.717) is 12.8 Å². The van der Waals surface area contributed by atoms with E-state index in [1.54, 1.807) is 0 Å². The summed E-state index contributed by atoms with van der Waals surface area (Å²) < 4.78 is 5.43. The van der Waals surface area contributed by atoms with E-state index in [1.165, 1.54) is 0 Å². The number of rotatable bonds is 7. The van der Waals surface area contributed by atoms with Crippen LogP contribution in [-0.2, 0) is 14.3 Å². The molecule has 0 bridgehead atoms. The molecule has 0 aliphatic heterocycles. The van der Waals surface area contributed by atoms with E-state index in [9.17, 15) is 19.5 Å². The topological polar surface area (TPSA) is 105 Å². The molecule has 7 nitrogen and oxygen atoms in total. The van der Waals surface area contributed by atoms with Crippen molar-refractivity contribution in [3.05, 3.63) is 59.7 Å². The molecule has 0 spiro atoms. The van der Waals surface area contributed by atoms with Crippen LogP contribution >= 0.6 is 0 Å². The third-order valence-corrected chi connectivity index (χ3v) is 6.88. The molecule has 2 amide bonds. The molecule has 7 heteroatoms. The number of fused-ring (bicyclic) bond motifs is 3. The van der Waals surface area contributed by atoms with E-state index in [-0.39, 0.29) is 25.6 Å². The van der Waals surface area contributed by atoms with Gasteiger partial charge >= 0.3 is 12.1 Å². The minimum Gasteiger partial charge on any atom is -0.481 e. The maximum atomic E-state index is 12.3. The number of benzene rings is 2. The molecule has 0 unspecified atom stereocenters. The molecule has 33 heavy (non-hydrogen) atoms. The molecule has 0 aromatic heterocycles. The van der Waals surface area contributed by atoms with E-state index in [2.05, 4.69) is 22.8 Å². The summed E-state index contributed by atoms with van der Waals surface area (Å²) in [4.78, 5) is 36.4. The third-order valence-electron chi connectivity index (χ3n) is 6.88. The molecule has 0 saturated heterocycles. The second-order valence-corrected chi connectivity index (χ2v) is 8.96. The molecule has 174 valence electrons. The second kappa shape index (κ2) is 10.1. The van der Waals surface area contributed by atoms with E-state index < -0.39 is 23.4 Å². The Hall–Kier alpha value is -3.35. The van der Waals surface area contributed by atoms with Gasteiger partial charge in [-0.25, -0.2) is 4.79 Å². The Kier molecular flexibility index (Phi) is 6.96. The van der Waals surface area contributed by atoms with Gasteiger partial charge in [0.25, 0.3) is 0 Å². The number of aliphatic carboxylic acids is 1. The Bertz CT molecular complexity index is 981. The van der Waals surface area contributed by atoms with Crippen molar-refractivity contribution in [2.45, 2.75) is 44.4 Å². The molecule has 2 aromatic carbocycles. The molecule has 0 atom stereocenters. The van der Waals surface area contributed by atoms with Crippen LogP contribution in [-0.4, -0.2) is 42.8 Å². The van der Waals surface area contributed by atoms with Crippen LogP contribution < -0.4 is 10.6 Å². The lowest BCUT2D eigenvalue weighted by atomic mass is 9.80. The van der Waals surface area contributed by atoms with E-state index in [0.717, 1.165) is 47.9 Å². The van der Waals surface area contributed by atoms with Gasteiger partial charge < -0.3 is 20.5 Å². The zero-order valence-corrected chi connectivity index (χ0v) is 18.6. The number of carboxylic acid groups (broad SMARTS) is 1. The highest BCUT2D eigenvalue weighted by atomic mass is 16.5. The van der Waals surface area contributed by atoms with Gasteiger partial charge in [-0.1, -0.05) is 74.2 Å². The van der Waals surface area contributed by atoms with Gasteiger partial charge in [-0.3, -0.25) is 9.59 Å². The lowest BCUT2D eigenvalue weighted by Crippen LogP contribution is -2.45. The number of ether oxygens (including phenoxy) is 1. The lowest BCUT2D eigenvalue weighted by molar-refractivity contribution is -0.149. The minimum atomic E-state index is -0.921. The molecule has 3 N–H and O–H groups in total. The molecule has 0 heterocycles. The second-order valence-electron chi connectivity index (χ2n) is 8.96. The summed E-state index contributed by atoms with van der Waals surface area (Å²) in [7, 11) is 0. The summed E-state index contributed by atoms with van der Waals surface area (Å²) in [6.45, 7) is -0.0104. The first-order chi connectivity index (χ1) is 16.0. The molecule has 1 saturated carbocycles. The van der Waals surface area contributed by atoms with Crippen molar-refractivity contribution in [2.24, 2.45) is 5.41 Å². The van der Waals surface area contributed by atoms with E-state index >= 15 is 0 Å². The first-order valence-corrected chi connectivity index (χ1v) is 11.6. The standard InChI is InChI=1S/C26H30N2O5/c29-23(28-17-26(24(30)31)13-7-1-2-8-14-26)15-27-25(32)33-16-22-20-11-5-3-9-18(20)19-10-4-6-12-21(19)22/h3-6,9-12,22H,1-2,7-8,13-17H2,(H,27,32)(H,28,29)(H,30,31). The van der Waals surface area contributed by atoms with Crippen LogP contribution in [0.1, 0.15) is 55.6 Å². The molecule has 0 radical (unpaired) electrons. The quantitative estimate of drug-likeness (QED) is 0.552. The molecule has 2 aliphatic carbocycles. The Morgan fingerprint density at radius 3 is 2.03 bits per heavy atom. The fourth-order valence-corrected chi connectivity index (χ4v) is 5.00. The van der Waals surface area contributed by atoms with Crippen molar-refractivity contribution in [1.29, 1.82) is 0 Å². The van der Waals surface area contributed by atoms with Gasteiger partial charge in [0.15, 0.2) is 0 Å². The van der Waals surface area contributed by atoms with Crippen molar-refractivity contribution in [1.82, 2.24) is 10.6 Å². The first kappa shape index (κ1) is 22.8. The summed E-state index contributed by atoms with van der Waals surface area (Å²) in [5.74, 6) is -1.34. The largest absolute Gasteiger partial charge is 0.481 e. The maximum Gasteiger partial charge on any atom is 0.407 e. The van der Waals surface area contributed by atoms with Gasteiger partial charge in [-0.2, -0.15) is 0 Å². The minimum absolute atomic E-state index is 0.0531. The summed E-state index contributed by atoms with van der Waals surface area (Å²) in [6, 6.07) is 16.1. The van der Waals surface area contributed by atoms with E-state index in [1.807, 2.05) is 36.4 Å². The number of carbonyl (C=O) groups is 3. The number of hydrogen-bond donors (Lipinski definition) is 3. The maximum absolute atomic E-state index is 12.3. The van der Waals surface area contributed by atoms with Gasteiger partial charge in [0.05, 0.1) is 12.0 Å². The number of alkyl carbamates (subject to hydrolysis) is 1. The molecule has 2 aliphatic rings. The Balaban J connectivity index is 1.27. The molecular formula is C26H30N2O5. The number of amides is 2. The van der Waals surface area contributed by atoms with Crippen LogP contribution in [0.5, 0.6) is 0 Å². The highest BCUT2D eigenvalue weighted by Gasteiger charge is 2.39. The van der Waals surface area contributed by atoms with Crippen LogP contribution in [0.4, 0.5) is 4.79 Å². The Morgan fingerprint density at radius 1 is 0.879 bits per heavy atom. The molecule has 2 aromatic rings. The van der Waals surface area contributed by atoms with Crippen LogP contribution in [0.15, 0.2) is 48.5 Å². The lowest BCUT2D eigenvalue weighted by Gasteiger charge is -2.28. The van der Waals surface area contributed by atoms with Crippen molar-refractivity contribution >= 4 is 18.0 Å². The number of nitrogens with one attached hydrogen (secondary N) is 2. The molecular weight excluding hydrogens is 420 g/mol. The summed E-state index contributed by atoms with van der Waals surface area (Å²) in [5.41, 5.74) is 3.61. The summed E-state index contributed by atoms with van der Waals surface area (Å²) in [5, 5.41) is 14.9. The van der Waals surface area contributed by atoms with Crippen LogP contribution in [0.3, 0.4) is 0 Å².